The molecule has 0 aliphatic rings. The number of carbonyl (C=O) groups is 2. The summed E-state index contributed by atoms with van der Waals surface area (Å²) in [6.45, 7) is -0.223. The number of Topliss-reactive ketones (excluding diaryl/α,β-unsaturated/α-hetero) is 1. The van der Waals surface area contributed by atoms with Gasteiger partial charge in [0.25, 0.3) is 5.78 Å². The lowest BCUT2D eigenvalue weighted by Crippen LogP contribution is -2.29. The highest BCUT2D eigenvalue weighted by atomic mass is 19.4. The van der Waals surface area contributed by atoms with Crippen LogP contribution in [0.2, 0.25) is 0 Å². The summed E-state index contributed by atoms with van der Waals surface area (Å²) in [6.07, 6.45) is -5.00. The van der Waals surface area contributed by atoms with Gasteiger partial charge in [-0.3, -0.25) is 10.7 Å². The van der Waals surface area contributed by atoms with Crippen LogP contribution >= 0.6 is 0 Å². The number of nitrogens with zero attached hydrogens (tertiary/aromatic N) is 1. The van der Waals surface area contributed by atoms with E-state index in [2.05, 4.69) is 4.74 Å². The Morgan fingerprint density at radius 1 is 1.20 bits per heavy atom. The van der Waals surface area contributed by atoms with Crippen molar-refractivity contribution in [2.24, 2.45) is 0 Å². The highest BCUT2D eigenvalue weighted by Crippen LogP contribution is 2.20. The van der Waals surface area contributed by atoms with Gasteiger partial charge in [-0.15, -0.1) is 0 Å². The van der Waals surface area contributed by atoms with Gasteiger partial charge in [-0.1, -0.05) is 30.3 Å². The molecule has 0 fully saturated rings. The second-order valence-electron chi connectivity index (χ2n) is 3.69. The Hall–Kier alpha value is -2.40. The average Bonchev–Trinajstić information content (AvgIpc) is 2.39. The van der Waals surface area contributed by atoms with Crippen LogP contribution in [0, 0.1) is 0 Å². The van der Waals surface area contributed by atoms with E-state index in [-0.39, 0.29) is 13.0 Å². The third kappa shape index (κ3) is 4.37. The molecule has 0 aliphatic carbocycles. The SMILES string of the molecule is [N-]=C=C(C(=O)OCCc1ccccc1)C(=O)C(F)(F)F. The van der Waals surface area contributed by atoms with E-state index in [9.17, 15) is 22.8 Å². The summed E-state index contributed by atoms with van der Waals surface area (Å²) >= 11 is 0. The van der Waals surface area contributed by atoms with Gasteiger partial charge in [0.05, 0.1) is 6.61 Å². The summed E-state index contributed by atoms with van der Waals surface area (Å²) in [4.78, 5) is 22.0. The normalized spacial score (nSPS) is 10.6. The van der Waals surface area contributed by atoms with Gasteiger partial charge in [-0.2, -0.15) is 13.2 Å². The van der Waals surface area contributed by atoms with Crippen LogP contribution in [-0.2, 0) is 20.7 Å². The maximum absolute atomic E-state index is 12.1. The lowest BCUT2D eigenvalue weighted by atomic mass is 10.1. The zero-order chi connectivity index (χ0) is 15.2. The number of ether oxygens (including phenoxy) is 1. The predicted octanol–water partition coefficient (Wildman–Crippen LogP) is 2.07. The summed E-state index contributed by atoms with van der Waals surface area (Å²) in [5.41, 5.74) is -0.758. The van der Waals surface area contributed by atoms with Crippen molar-refractivity contribution in [3.63, 3.8) is 0 Å². The van der Waals surface area contributed by atoms with Gasteiger partial charge < -0.3 is 10.1 Å². The number of hydrogen-bond acceptors (Lipinski definition) is 3. The first-order valence-corrected chi connectivity index (χ1v) is 5.46. The molecule has 1 aromatic carbocycles. The largest absolute Gasteiger partial charge is 0.762 e. The monoisotopic (exact) mass is 284 g/mol. The van der Waals surface area contributed by atoms with Crippen LogP contribution < -0.4 is 0 Å². The second kappa shape index (κ2) is 6.68. The minimum absolute atomic E-state index is 0.223. The lowest BCUT2D eigenvalue weighted by molar-refractivity contribution is -0.168. The summed E-state index contributed by atoms with van der Waals surface area (Å²) in [6, 6.07) is 8.75. The van der Waals surface area contributed by atoms with E-state index >= 15 is 0 Å². The number of hydrogen-bond donors (Lipinski definition) is 0. The first kappa shape index (κ1) is 15.7. The van der Waals surface area contributed by atoms with Crippen molar-refractivity contribution in [1.82, 2.24) is 0 Å². The van der Waals surface area contributed by atoms with Crippen LogP contribution in [0.15, 0.2) is 35.9 Å². The molecule has 0 spiro atoms. The van der Waals surface area contributed by atoms with Crippen molar-refractivity contribution in [3.8, 4) is 0 Å². The molecule has 4 nitrogen and oxygen atoms in total. The third-order valence-electron chi connectivity index (χ3n) is 2.27. The predicted molar refractivity (Wildman–Crippen MR) is 64.0 cm³/mol. The van der Waals surface area contributed by atoms with Crippen LogP contribution in [-0.4, -0.2) is 30.4 Å². The van der Waals surface area contributed by atoms with Gasteiger partial charge in [0.2, 0.25) is 0 Å². The fraction of sp³-hybridized carbons (Fsp3) is 0.231. The molecular weight excluding hydrogens is 275 g/mol. The van der Waals surface area contributed by atoms with Crippen LogP contribution in [0.25, 0.3) is 5.41 Å². The zero-order valence-corrected chi connectivity index (χ0v) is 10.1. The Kier molecular flexibility index (Phi) is 5.23. The minimum Gasteiger partial charge on any atom is -0.762 e. The van der Waals surface area contributed by atoms with Crippen LogP contribution in [0.4, 0.5) is 13.2 Å². The molecule has 1 aromatic rings. The first-order chi connectivity index (χ1) is 9.36. The number of alkyl halides is 3. The molecule has 0 aromatic heterocycles. The van der Waals surface area contributed by atoms with E-state index in [1.165, 1.54) is 0 Å². The third-order valence-corrected chi connectivity index (χ3v) is 2.27. The molecular formula is C13H9F3NO3-. The van der Waals surface area contributed by atoms with Crippen molar-refractivity contribution in [2.45, 2.75) is 12.6 Å². The van der Waals surface area contributed by atoms with Crippen molar-refractivity contribution in [1.29, 1.82) is 0 Å². The van der Waals surface area contributed by atoms with Gasteiger partial charge in [-0.25, -0.2) is 4.79 Å². The number of benzene rings is 1. The highest BCUT2D eigenvalue weighted by molar-refractivity contribution is 6.25. The Labute approximate surface area is 112 Å². The van der Waals surface area contributed by atoms with E-state index in [1.54, 1.807) is 30.3 Å². The first-order valence-electron chi connectivity index (χ1n) is 5.46. The molecule has 1 rings (SSSR count). The number of esters is 1. The Morgan fingerprint density at radius 2 is 1.80 bits per heavy atom. The Bertz CT molecular complexity index is 546. The summed E-state index contributed by atoms with van der Waals surface area (Å²) in [7, 11) is 0. The molecule has 106 valence electrons. The van der Waals surface area contributed by atoms with Gasteiger partial charge in [0, 0.05) is 6.42 Å². The molecule has 0 atom stereocenters. The fourth-order valence-corrected chi connectivity index (χ4v) is 1.31. The average molecular weight is 284 g/mol. The fourth-order valence-electron chi connectivity index (χ4n) is 1.31. The minimum atomic E-state index is -5.27. The zero-order valence-electron chi connectivity index (χ0n) is 10.1. The number of ketones is 1. The molecule has 0 heterocycles. The quantitative estimate of drug-likeness (QED) is 0.273. The Morgan fingerprint density at radius 3 is 2.30 bits per heavy atom. The molecule has 0 saturated carbocycles. The molecule has 0 aliphatic heterocycles. The van der Waals surface area contributed by atoms with Gasteiger partial charge in [0.1, 0.15) is 5.57 Å². The van der Waals surface area contributed by atoms with E-state index in [1.807, 2.05) is 0 Å². The lowest BCUT2D eigenvalue weighted by Gasteiger charge is -2.09. The van der Waals surface area contributed by atoms with Crippen LogP contribution in [0.5, 0.6) is 0 Å². The van der Waals surface area contributed by atoms with Crippen molar-refractivity contribution in [3.05, 3.63) is 46.9 Å². The van der Waals surface area contributed by atoms with E-state index < -0.39 is 23.5 Å². The molecule has 0 unspecified atom stereocenters. The molecule has 7 heteroatoms. The van der Waals surface area contributed by atoms with Crippen molar-refractivity contribution < 1.29 is 27.5 Å². The molecule has 0 amide bonds. The van der Waals surface area contributed by atoms with Crippen molar-refractivity contribution >= 4 is 17.6 Å². The van der Waals surface area contributed by atoms with E-state index in [4.69, 9.17) is 5.41 Å². The number of carbonyl (C=O) groups excluding carboxylic acids is 2. The van der Waals surface area contributed by atoms with E-state index in [0.717, 1.165) is 11.4 Å². The Balaban J connectivity index is 2.58. The van der Waals surface area contributed by atoms with Crippen LogP contribution in [0.1, 0.15) is 5.56 Å². The van der Waals surface area contributed by atoms with E-state index in [0.29, 0.717) is 0 Å². The highest BCUT2D eigenvalue weighted by Gasteiger charge is 2.43. The number of halogens is 3. The standard InChI is InChI=1S/C13H9F3NO3/c14-13(15,16)11(18)10(8-17)12(19)20-7-6-9-4-2-1-3-5-9/h1-5H,6-7H2/q-1. The molecule has 0 N–H and O–H groups in total. The molecule has 0 saturated heterocycles. The summed E-state index contributed by atoms with van der Waals surface area (Å²) < 4.78 is 40.8. The van der Waals surface area contributed by atoms with Gasteiger partial charge in [0.15, 0.2) is 0 Å². The topological polar surface area (TPSA) is 65.7 Å². The number of rotatable bonds is 5. The summed E-state index contributed by atoms with van der Waals surface area (Å²) in [5.74, 6) is -3.13. The second-order valence-corrected chi connectivity index (χ2v) is 3.69. The van der Waals surface area contributed by atoms with Gasteiger partial charge in [-0.05, 0) is 5.56 Å². The molecule has 0 bridgehead atoms. The molecule has 20 heavy (non-hydrogen) atoms. The maximum Gasteiger partial charge on any atom is 0.455 e. The maximum atomic E-state index is 12.1. The smallest absolute Gasteiger partial charge is 0.455 e. The molecule has 0 radical (unpaired) electrons. The van der Waals surface area contributed by atoms with Crippen molar-refractivity contribution in [2.75, 3.05) is 6.61 Å². The van der Waals surface area contributed by atoms with Crippen LogP contribution in [0.3, 0.4) is 0 Å². The van der Waals surface area contributed by atoms with Gasteiger partial charge >= 0.3 is 12.1 Å². The summed E-state index contributed by atoms with van der Waals surface area (Å²) in [5, 5.41) is 8.44.